The van der Waals surface area contributed by atoms with Gasteiger partial charge in [-0.05, 0) is 18.2 Å². The second-order valence-electron chi connectivity index (χ2n) is 4.23. The number of nitrogens with zero attached hydrogens (tertiary/aromatic N) is 4. The lowest BCUT2D eigenvalue weighted by Gasteiger charge is -2.07. The minimum Gasteiger partial charge on any atom is -0.427 e. The summed E-state index contributed by atoms with van der Waals surface area (Å²) in [5, 5.41) is 13.2. The van der Waals surface area contributed by atoms with Crippen molar-refractivity contribution in [2.75, 3.05) is 5.32 Å². The third kappa shape index (κ3) is 1.33. The maximum absolute atomic E-state index is 9.98. The first kappa shape index (κ1) is 10.1. The van der Waals surface area contributed by atoms with Gasteiger partial charge in [0.25, 0.3) is 0 Å². The Hall–Kier alpha value is -2.89. The molecular weight excluding hydrogens is 242 g/mol. The van der Waals surface area contributed by atoms with Crippen LogP contribution in [0.5, 0.6) is 0 Å². The molecule has 0 fully saturated rings. The number of nitrogens with one attached hydrogen (secondary N) is 1. The van der Waals surface area contributed by atoms with Crippen LogP contribution in [0.1, 0.15) is 0 Å². The first-order valence-electron chi connectivity index (χ1n) is 5.78. The normalized spacial score (nSPS) is 11.8. The standard InChI is InChI=1S/C13H9N5O/c19-18-7-16-11-9-2-1-4-15-13(9)17-10-6-14-5-3-8(10)12(11)18/h1-7,19H,(H,15,17). The lowest BCUT2D eigenvalue weighted by Crippen LogP contribution is -1.96. The zero-order valence-corrected chi connectivity index (χ0v) is 9.78. The van der Waals surface area contributed by atoms with Gasteiger partial charge in [-0.2, -0.15) is 4.73 Å². The van der Waals surface area contributed by atoms with Crippen molar-refractivity contribution >= 4 is 11.5 Å². The molecule has 1 aliphatic heterocycles. The van der Waals surface area contributed by atoms with Crippen molar-refractivity contribution in [1.29, 1.82) is 0 Å². The first-order chi connectivity index (χ1) is 9.34. The van der Waals surface area contributed by atoms with Crippen molar-refractivity contribution in [2.24, 2.45) is 0 Å². The average Bonchev–Trinajstić information content (AvgIpc) is 2.75. The number of anilines is 2. The first-order valence-corrected chi connectivity index (χ1v) is 5.78. The van der Waals surface area contributed by atoms with E-state index in [2.05, 4.69) is 20.3 Å². The molecule has 3 aromatic heterocycles. The van der Waals surface area contributed by atoms with E-state index in [1.54, 1.807) is 18.6 Å². The van der Waals surface area contributed by atoms with Gasteiger partial charge in [-0.15, -0.1) is 0 Å². The Morgan fingerprint density at radius 2 is 2.05 bits per heavy atom. The van der Waals surface area contributed by atoms with Gasteiger partial charge in [0.05, 0.1) is 11.9 Å². The molecule has 0 unspecified atom stereocenters. The van der Waals surface area contributed by atoms with Crippen LogP contribution in [0.2, 0.25) is 0 Å². The summed E-state index contributed by atoms with van der Waals surface area (Å²) in [5.41, 5.74) is 3.81. The quantitative estimate of drug-likeness (QED) is 0.469. The molecule has 0 aromatic carbocycles. The Labute approximate surface area is 108 Å². The maximum atomic E-state index is 9.98. The number of rotatable bonds is 0. The molecule has 0 radical (unpaired) electrons. The van der Waals surface area contributed by atoms with Gasteiger partial charge in [0.1, 0.15) is 23.5 Å². The molecule has 92 valence electrons. The highest BCUT2D eigenvalue weighted by Gasteiger charge is 2.24. The predicted octanol–water partition coefficient (Wildman–Crippen LogP) is 2.30. The Balaban J connectivity index is 2.14. The van der Waals surface area contributed by atoms with E-state index in [0.717, 1.165) is 21.5 Å². The number of aromatic nitrogens is 4. The summed E-state index contributed by atoms with van der Waals surface area (Å²) in [6, 6.07) is 5.59. The second kappa shape index (κ2) is 3.55. The molecule has 0 saturated carbocycles. The van der Waals surface area contributed by atoms with Crippen LogP contribution in [0.25, 0.3) is 22.5 Å². The van der Waals surface area contributed by atoms with Gasteiger partial charge in [-0.1, -0.05) is 0 Å². The highest BCUT2D eigenvalue weighted by Crippen LogP contribution is 2.41. The zero-order chi connectivity index (χ0) is 12.8. The van der Waals surface area contributed by atoms with E-state index in [1.165, 1.54) is 6.33 Å². The summed E-state index contributed by atoms with van der Waals surface area (Å²) in [6.45, 7) is 0. The van der Waals surface area contributed by atoms with Gasteiger partial charge in [-0.3, -0.25) is 4.98 Å². The maximum Gasteiger partial charge on any atom is 0.139 e. The Bertz CT molecular complexity index is 780. The number of fused-ring (bicyclic) bond motifs is 5. The van der Waals surface area contributed by atoms with Gasteiger partial charge >= 0.3 is 0 Å². The fourth-order valence-corrected chi connectivity index (χ4v) is 2.31. The summed E-state index contributed by atoms with van der Waals surface area (Å²) in [4.78, 5) is 12.7. The van der Waals surface area contributed by atoms with Gasteiger partial charge in [0, 0.05) is 23.5 Å². The van der Waals surface area contributed by atoms with Crippen molar-refractivity contribution in [3.63, 3.8) is 0 Å². The van der Waals surface area contributed by atoms with Crippen LogP contribution in [0.15, 0.2) is 43.1 Å². The zero-order valence-electron chi connectivity index (χ0n) is 9.78. The highest BCUT2D eigenvalue weighted by atomic mass is 16.5. The van der Waals surface area contributed by atoms with Gasteiger partial charge in [0.15, 0.2) is 0 Å². The SMILES string of the molecule is On1cnc2c1-c1ccncc1Nc1ncccc1-2. The number of hydrogen-bond acceptors (Lipinski definition) is 5. The lowest BCUT2D eigenvalue weighted by molar-refractivity contribution is 0.190. The summed E-state index contributed by atoms with van der Waals surface area (Å²) in [6.07, 6.45) is 6.48. The van der Waals surface area contributed by atoms with E-state index in [-0.39, 0.29) is 0 Å². The summed E-state index contributed by atoms with van der Waals surface area (Å²) >= 11 is 0. The molecule has 0 saturated heterocycles. The van der Waals surface area contributed by atoms with Gasteiger partial charge in [0.2, 0.25) is 0 Å². The molecule has 4 heterocycles. The van der Waals surface area contributed by atoms with Crippen LogP contribution in [-0.4, -0.2) is 24.9 Å². The average molecular weight is 251 g/mol. The number of pyridine rings is 2. The van der Waals surface area contributed by atoms with Gasteiger partial charge < -0.3 is 10.5 Å². The van der Waals surface area contributed by atoms with E-state index in [0.29, 0.717) is 17.2 Å². The third-order valence-corrected chi connectivity index (χ3v) is 3.14. The molecule has 0 amide bonds. The summed E-state index contributed by atoms with van der Waals surface area (Å²) in [5.74, 6) is 0.703. The van der Waals surface area contributed by atoms with Crippen molar-refractivity contribution in [3.8, 4) is 22.5 Å². The minimum atomic E-state index is 0.636. The highest BCUT2D eigenvalue weighted by molar-refractivity contribution is 5.94. The van der Waals surface area contributed by atoms with E-state index in [1.807, 2.05) is 18.2 Å². The lowest BCUT2D eigenvalue weighted by atomic mass is 10.1. The van der Waals surface area contributed by atoms with E-state index >= 15 is 0 Å². The Kier molecular flexibility index (Phi) is 1.88. The minimum absolute atomic E-state index is 0.636. The van der Waals surface area contributed by atoms with Crippen LogP contribution >= 0.6 is 0 Å². The molecule has 3 aromatic rings. The van der Waals surface area contributed by atoms with Crippen molar-refractivity contribution in [3.05, 3.63) is 43.1 Å². The van der Waals surface area contributed by atoms with E-state index in [9.17, 15) is 5.21 Å². The molecule has 0 spiro atoms. The van der Waals surface area contributed by atoms with Crippen LogP contribution < -0.4 is 5.32 Å². The molecule has 1 aliphatic rings. The molecule has 19 heavy (non-hydrogen) atoms. The van der Waals surface area contributed by atoms with E-state index in [4.69, 9.17) is 0 Å². The van der Waals surface area contributed by atoms with Crippen LogP contribution in [0, 0.1) is 0 Å². The molecule has 2 N–H and O–H groups in total. The van der Waals surface area contributed by atoms with Crippen molar-refractivity contribution in [1.82, 2.24) is 19.7 Å². The Morgan fingerprint density at radius 1 is 1.11 bits per heavy atom. The van der Waals surface area contributed by atoms with Crippen LogP contribution in [0.3, 0.4) is 0 Å². The number of imidazole rings is 1. The number of hydrogen-bond donors (Lipinski definition) is 2. The third-order valence-electron chi connectivity index (χ3n) is 3.14. The van der Waals surface area contributed by atoms with E-state index < -0.39 is 0 Å². The topological polar surface area (TPSA) is 75.9 Å². The molecule has 6 heteroatoms. The molecule has 6 nitrogen and oxygen atoms in total. The van der Waals surface area contributed by atoms with Crippen LogP contribution in [-0.2, 0) is 0 Å². The molecule has 0 aliphatic carbocycles. The largest absolute Gasteiger partial charge is 0.427 e. The molecule has 0 atom stereocenters. The van der Waals surface area contributed by atoms with Crippen LogP contribution in [0.4, 0.5) is 11.5 Å². The van der Waals surface area contributed by atoms with Crippen molar-refractivity contribution < 1.29 is 5.21 Å². The Morgan fingerprint density at radius 3 is 3.00 bits per heavy atom. The molecule has 4 rings (SSSR count). The fourth-order valence-electron chi connectivity index (χ4n) is 2.31. The second-order valence-corrected chi connectivity index (χ2v) is 4.23. The van der Waals surface area contributed by atoms with Crippen molar-refractivity contribution in [2.45, 2.75) is 0 Å². The summed E-state index contributed by atoms with van der Waals surface area (Å²) < 4.78 is 1.03. The van der Waals surface area contributed by atoms with Gasteiger partial charge in [-0.25, -0.2) is 9.97 Å². The summed E-state index contributed by atoms with van der Waals surface area (Å²) in [7, 11) is 0. The molecular formula is C13H9N5O. The smallest absolute Gasteiger partial charge is 0.139 e. The monoisotopic (exact) mass is 251 g/mol. The fraction of sp³-hybridized carbons (Fsp3) is 0. The predicted molar refractivity (Wildman–Crippen MR) is 69.2 cm³/mol. The molecule has 0 bridgehead atoms.